The minimum absolute atomic E-state index is 0.0294. The second-order valence-electron chi connectivity index (χ2n) is 33.5. The minimum atomic E-state index is -0.503. The van der Waals surface area contributed by atoms with Gasteiger partial charge in [0.1, 0.15) is 22.6 Å². The number of likely N-dealkylation sites (tertiary alicyclic amines) is 2. The maximum Gasteiger partial charge on any atom is 0.410 e. The van der Waals surface area contributed by atoms with Gasteiger partial charge < -0.3 is 48.0 Å². The Labute approximate surface area is 666 Å². The van der Waals surface area contributed by atoms with Gasteiger partial charge in [0.15, 0.2) is 15.5 Å². The highest BCUT2D eigenvalue weighted by molar-refractivity contribution is 7.98. The number of aryl methyl sites for hydroxylation is 3. The lowest BCUT2D eigenvalue weighted by atomic mass is 9.72. The smallest absolute Gasteiger partial charge is 0.410 e. The monoisotopic (exact) mass is 1550 g/mol. The predicted molar refractivity (Wildman–Crippen MR) is 443 cm³/mol. The van der Waals surface area contributed by atoms with Crippen LogP contribution in [0.15, 0.2) is 131 Å². The molecule has 7 aliphatic rings. The lowest BCUT2D eigenvalue weighted by Gasteiger charge is -2.53. The molecule has 3 fully saturated rings. The van der Waals surface area contributed by atoms with E-state index < -0.39 is 16.8 Å². The van der Waals surface area contributed by atoms with Gasteiger partial charge in [-0.1, -0.05) is 151 Å². The number of rotatable bonds is 9. The molecule has 0 aliphatic carbocycles. The van der Waals surface area contributed by atoms with E-state index in [4.69, 9.17) is 58.3 Å². The van der Waals surface area contributed by atoms with Gasteiger partial charge in [-0.05, 0) is 205 Å². The van der Waals surface area contributed by atoms with Gasteiger partial charge in [0.25, 0.3) is 0 Å². The standard InChI is InChI=1S/C31H38N4O3S.C29H35N3O3S.C29H33N3O3S/c1-20-8-6-9-21-10-7-11-22(26(20)21)25-16-24-23(17-37-25)27(33-28(32-24)39-5)34-14-12-31(13-15-34)18-35(19-31)29(36)38-30(2,3)4;2*1-18-8-6-9-19-10-7-11-21(25(18)19)24-16-23-22(17-34-24)26(31-27(30-23)36-5)20-12-14-32(15-13-20)28(33)35-29(2,3)4/h6-11,25H,12-19H2,1-5H3;6-11,20,24H,12-17H2,1-5H3;6-12,24H,13-17H2,1-5H3. The van der Waals surface area contributed by atoms with Crippen molar-refractivity contribution in [1.29, 1.82) is 0 Å². The van der Waals surface area contributed by atoms with E-state index in [2.05, 4.69) is 141 Å². The average Bonchev–Trinajstić information content (AvgIpc) is 0.763. The van der Waals surface area contributed by atoms with E-state index in [1.54, 1.807) is 40.2 Å². The molecule has 16 rings (SSSR count). The first-order valence-electron chi connectivity index (χ1n) is 39.1. The molecule has 7 aliphatic heterocycles. The second kappa shape index (κ2) is 33.0. The Morgan fingerprint density at radius 1 is 0.459 bits per heavy atom. The molecule has 584 valence electrons. The number of thioether (sulfide) groups is 3. The maximum atomic E-state index is 12.5. The van der Waals surface area contributed by atoms with Crippen molar-refractivity contribution in [3.63, 3.8) is 0 Å². The Hall–Kier alpha value is -8.38. The molecule has 22 heteroatoms. The summed E-state index contributed by atoms with van der Waals surface area (Å²) >= 11 is 4.74. The second-order valence-corrected chi connectivity index (χ2v) is 35.8. The van der Waals surface area contributed by atoms with Gasteiger partial charge in [0.05, 0.1) is 66.6 Å². The van der Waals surface area contributed by atoms with Crippen molar-refractivity contribution in [3.05, 3.63) is 194 Å². The molecule has 6 aromatic carbocycles. The molecule has 3 amide bonds. The number of nitrogens with zero attached hydrogens (tertiary/aromatic N) is 10. The predicted octanol–water partition coefficient (Wildman–Crippen LogP) is 19.4. The molecular weight excluding hydrogens is 1450 g/mol. The first kappa shape index (κ1) is 79.3. The fourth-order valence-corrected chi connectivity index (χ4v) is 17.9. The first-order valence-corrected chi connectivity index (χ1v) is 42.8. The summed E-state index contributed by atoms with van der Waals surface area (Å²) in [6.07, 6.45) is 14.1. The summed E-state index contributed by atoms with van der Waals surface area (Å²) in [7, 11) is 0. The Balaban J connectivity index is 0.000000139. The molecule has 0 N–H and O–H groups in total. The molecule has 1 spiro atoms. The van der Waals surface area contributed by atoms with Crippen LogP contribution in [0.3, 0.4) is 0 Å². The van der Waals surface area contributed by atoms with Crippen molar-refractivity contribution in [2.75, 3.05) is 76.0 Å². The zero-order valence-electron chi connectivity index (χ0n) is 67.1. The van der Waals surface area contributed by atoms with Crippen molar-refractivity contribution in [2.45, 2.75) is 211 Å². The van der Waals surface area contributed by atoms with Gasteiger partial charge in [-0.15, -0.1) is 0 Å². The van der Waals surface area contributed by atoms with E-state index >= 15 is 0 Å². The average molecular weight is 1560 g/mol. The first-order chi connectivity index (χ1) is 53.1. The van der Waals surface area contributed by atoms with Crippen LogP contribution in [-0.4, -0.2) is 151 Å². The largest absolute Gasteiger partial charge is 0.444 e. The fourth-order valence-electron chi connectivity index (χ4n) is 16.7. The number of fused-ring (bicyclic) bond motifs is 6. The molecule has 3 atom stereocenters. The van der Waals surface area contributed by atoms with Crippen LogP contribution in [0, 0.1) is 26.2 Å². The Kier molecular flexibility index (Phi) is 23.6. The lowest BCUT2D eigenvalue weighted by molar-refractivity contribution is -0.0435. The zero-order chi connectivity index (χ0) is 78.3. The Morgan fingerprint density at radius 2 is 0.856 bits per heavy atom. The van der Waals surface area contributed by atoms with Gasteiger partial charge in [-0.2, -0.15) is 0 Å². The summed E-state index contributed by atoms with van der Waals surface area (Å²) in [6.45, 7) is 31.0. The number of carbonyl (C=O) groups excluding carboxylic acids is 3. The number of aromatic nitrogens is 6. The van der Waals surface area contributed by atoms with Gasteiger partial charge in [-0.25, -0.2) is 44.3 Å². The molecule has 19 nitrogen and oxygen atoms in total. The number of hydrogen-bond acceptors (Lipinski definition) is 19. The number of amides is 3. The highest BCUT2D eigenvalue weighted by Gasteiger charge is 2.49. The van der Waals surface area contributed by atoms with Crippen molar-refractivity contribution in [1.82, 2.24) is 44.6 Å². The molecule has 3 aromatic heterocycles. The third kappa shape index (κ3) is 17.9. The molecular formula is C89H106N10O9S3. The van der Waals surface area contributed by atoms with Crippen molar-refractivity contribution in [2.24, 2.45) is 5.41 Å². The molecule has 111 heavy (non-hydrogen) atoms. The Morgan fingerprint density at radius 3 is 1.30 bits per heavy atom. The number of piperidine rings is 2. The highest BCUT2D eigenvalue weighted by Crippen LogP contribution is 2.46. The maximum absolute atomic E-state index is 12.5. The molecule has 9 aromatic rings. The van der Waals surface area contributed by atoms with Gasteiger partial charge in [0, 0.05) is 99.6 Å². The Bertz CT molecular complexity index is 4990. The SMILES string of the molecule is CSc1nc2c(c(C3=CCN(C(=O)OC(C)(C)C)CC3)n1)COC(c1cccc3cccc(C)c13)C2.CSc1nc2c(c(C3CCN(C(=O)OC(C)(C)C)CC3)n1)COC(c1cccc3cccc(C)c13)C2.CSc1nc2c(c(N3CCC4(CC3)CN(C(=O)OC(C)(C)C)C4)n1)COC(c1cccc3cccc(C)c13)C2. The number of anilines is 1. The van der Waals surface area contributed by atoms with Gasteiger partial charge in [0.2, 0.25) is 0 Å². The van der Waals surface area contributed by atoms with E-state index in [-0.39, 0.29) is 47.9 Å². The zero-order valence-corrected chi connectivity index (χ0v) is 69.5. The van der Waals surface area contributed by atoms with Gasteiger partial charge >= 0.3 is 18.3 Å². The quantitative estimate of drug-likeness (QED) is 0.0750. The molecule has 0 bridgehead atoms. The number of benzene rings is 6. The summed E-state index contributed by atoms with van der Waals surface area (Å²) in [6, 6.07) is 38.7. The van der Waals surface area contributed by atoms with Crippen LogP contribution in [-0.2, 0) is 67.5 Å². The van der Waals surface area contributed by atoms with Gasteiger partial charge in [-0.3, -0.25) is 0 Å². The number of hydrogen-bond donors (Lipinski definition) is 0. The number of carbonyl (C=O) groups is 3. The van der Waals surface area contributed by atoms with Crippen molar-refractivity contribution >= 4 is 97.3 Å². The summed E-state index contributed by atoms with van der Waals surface area (Å²) in [5.41, 5.74) is 16.0. The molecule has 3 saturated heterocycles. The third-order valence-corrected chi connectivity index (χ3v) is 23.8. The van der Waals surface area contributed by atoms with Crippen LogP contribution in [0.2, 0.25) is 0 Å². The molecule has 10 heterocycles. The molecule has 3 unspecified atom stereocenters. The van der Waals surface area contributed by atoms with E-state index in [9.17, 15) is 14.4 Å². The summed E-state index contributed by atoms with van der Waals surface area (Å²) in [5, 5.41) is 9.96. The summed E-state index contributed by atoms with van der Waals surface area (Å²) in [5.74, 6) is 1.31. The van der Waals surface area contributed by atoms with Crippen LogP contribution in [0.5, 0.6) is 0 Å². The van der Waals surface area contributed by atoms with Crippen LogP contribution in [0.4, 0.5) is 20.2 Å². The van der Waals surface area contributed by atoms with Crippen LogP contribution >= 0.6 is 35.3 Å². The summed E-state index contributed by atoms with van der Waals surface area (Å²) < 4.78 is 36.2. The fraction of sp³-hybridized carbons (Fsp3) is 0.472. The third-order valence-electron chi connectivity index (χ3n) is 22.2. The van der Waals surface area contributed by atoms with E-state index in [1.165, 1.54) is 65.7 Å². The van der Waals surface area contributed by atoms with Crippen LogP contribution < -0.4 is 4.90 Å². The minimum Gasteiger partial charge on any atom is -0.444 e. The number of ether oxygens (including phenoxy) is 6. The van der Waals surface area contributed by atoms with E-state index in [0.717, 1.165) is 143 Å². The highest BCUT2D eigenvalue weighted by atomic mass is 32.2. The lowest BCUT2D eigenvalue weighted by Crippen LogP contribution is -2.62. The van der Waals surface area contributed by atoms with E-state index in [1.807, 2.05) is 90.9 Å². The molecule has 0 saturated carbocycles. The topological polar surface area (TPSA) is 197 Å². The van der Waals surface area contributed by atoms with Crippen molar-refractivity contribution in [3.8, 4) is 0 Å². The van der Waals surface area contributed by atoms with E-state index in [0.29, 0.717) is 52.4 Å². The normalized spacial score (nSPS) is 19.2. The van der Waals surface area contributed by atoms with Crippen molar-refractivity contribution < 1.29 is 42.8 Å². The summed E-state index contributed by atoms with van der Waals surface area (Å²) in [4.78, 5) is 75.0. The molecule has 0 radical (unpaired) electrons. The van der Waals surface area contributed by atoms with Crippen LogP contribution in [0.25, 0.3) is 37.9 Å². The van der Waals surface area contributed by atoms with Crippen LogP contribution in [0.1, 0.15) is 197 Å².